The molecule has 1 amide bonds. The number of amides is 1. The largest absolute Gasteiger partial charge is 0.481 e. The number of rotatable bonds is 7. The number of aliphatic carboxylic acids is 2. The fourth-order valence-electron chi connectivity index (χ4n) is 2.62. The van der Waals surface area contributed by atoms with Gasteiger partial charge in [0.05, 0.1) is 0 Å². The highest BCUT2D eigenvalue weighted by Gasteiger charge is 2.39. The molecule has 0 bridgehead atoms. The first-order chi connectivity index (χ1) is 8.95. The average molecular weight is 269 g/mol. The van der Waals surface area contributed by atoms with Gasteiger partial charge < -0.3 is 15.1 Å². The molecule has 19 heavy (non-hydrogen) atoms. The fraction of sp³-hybridized carbons (Fsp3) is 0.769. The lowest BCUT2D eigenvalue weighted by Gasteiger charge is -2.36. The molecule has 2 saturated carbocycles. The maximum absolute atomic E-state index is 12.2. The molecule has 0 aromatic heterocycles. The van der Waals surface area contributed by atoms with Gasteiger partial charge in [-0.25, -0.2) is 0 Å². The van der Waals surface area contributed by atoms with Crippen LogP contribution >= 0.6 is 0 Å². The Labute approximate surface area is 111 Å². The van der Waals surface area contributed by atoms with Gasteiger partial charge in [0.25, 0.3) is 0 Å². The molecular weight excluding hydrogens is 250 g/mol. The summed E-state index contributed by atoms with van der Waals surface area (Å²) in [4.78, 5) is 34.9. The van der Waals surface area contributed by atoms with E-state index in [2.05, 4.69) is 0 Å². The van der Waals surface area contributed by atoms with Gasteiger partial charge in [-0.15, -0.1) is 0 Å². The summed E-state index contributed by atoms with van der Waals surface area (Å²) >= 11 is 0. The topological polar surface area (TPSA) is 94.9 Å². The van der Waals surface area contributed by atoms with Crippen LogP contribution < -0.4 is 0 Å². The monoisotopic (exact) mass is 269 g/mol. The maximum Gasteiger partial charge on any atom is 0.323 e. The van der Waals surface area contributed by atoms with E-state index in [1.54, 1.807) is 0 Å². The zero-order valence-electron chi connectivity index (χ0n) is 10.7. The Morgan fingerprint density at radius 1 is 1.00 bits per heavy atom. The molecule has 0 atom stereocenters. The van der Waals surface area contributed by atoms with Crippen molar-refractivity contribution >= 4 is 17.8 Å². The van der Waals surface area contributed by atoms with E-state index in [-0.39, 0.29) is 30.7 Å². The van der Waals surface area contributed by atoms with E-state index in [0.29, 0.717) is 25.3 Å². The van der Waals surface area contributed by atoms with Crippen LogP contribution in [-0.4, -0.2) is 46.0 Å². The Balaban J connectivity index is 1.82. The van der Waals surface area contributed by atoms with Crippen LogP contribution in [0.5, 0.6) is 0 Å². The SMILES string of the molecule is O=C(O)CC1CC(C(=O)N(CC(=O)O)CC2CC2)C1. The van der Waals surface area contributed by atoms with Crippen LogP contribution in [0.25, 0.3) is 0 Å². The highest BCUT2D eigenvalue weighted by Crippen LogP contribution is 2.38. The second kappa shape index (κ2) is 5.59. The number of carboxylic acids is 2. The lowest BCUT2D eigenvalue weighted by molar-refractivity contribution is -0.150. The minimum atomic E-state index is -0.990. The van der Waals surface area contributed by atoms with Gasteiger partial charge in [0.1, 0.15) is 6.54 Å². The van der Waals surface area contributed by atoms with Gasteiger partial charge in [-0.3, -0.25) is 14.4 Å². The minimum absolute atomic E-state index is 0.0686. The van der Waals surface area contributed by atoms with Crippen LogP contribution in [0.2, 0.25) is 0 Å². The van der Waals surface area contributed by atoms with Crippen LogP contribution in [-0.2, 0) is 14.4 Å². The van der Waals surface area contributed by atoms with Gasteiger partial charge >= 0.3 is 11.9 Å². The van der Waals surface area contributed by atoms with Crippen molar-refractivity contribution in [2.24, 2.45) is 17.8 Å². The van der Waals surface area contributed by atoms with Crippen LogP contribution in [0.4, 0.5) is 0 Å². The molecule has 2 rings (SSSR count). The first-order valence-corrected chi connectivity index (χ1v) is 6.68. The van der Waals surface area contributed by atoms with Crippen LogP contribution in [0.3, 0.4) is 0 Å². The predicted octanol–water partition coefficient (Wildman–Crippen LogP) is 0.810. The Bertz CT molecular complexity index is 384. The molecule has 0 aromatic rings. The number of hydrogen-bond donors (Lipinski definition) is 2. The Morgan fingerprint density at radius 2 is 1.63 bits per heavy atom. The molecule has 6 heteroatoms. The third kappa shape index (κ3) is 3.94. The molecule has 2 aliphatic rings. The van der Waals surface area contributed by atoms with E-state index in [4.69, 9.17) is 10.2 Å². The zero-order valence-corrected chi connectivity index (χ0v) is 10.7. The molecule has 2 N–H and O–H groups in total. The molecular formula is C13H19NO5. The molecule has 6 nitrogen and oxygen atoms in total. The molecule has 0 spiro atoms. The molecule has 0 heterocycles. The van der Waals surface area contributed by atoms with Crippen molar-refractivity contribution in [1.29, 1.82) is 0 Å². The molecule has 0 aliphatic heterocycles. The van der Waals surface area contributed by atoms with Gasteiger partial charge in [-0.1, -0.05) is 0 Å². The summed E-state index contributed by atoms with van der Waals surface area (Å²) in [5.74, 6) is -1.60. The normalized spacial score (nSPS) is 25.5. The van der Waals surface area contributed by atoms with E-state index in [1.165, 1.54) is 4.90 Å². The van der Waals surface area contributed by atoms with Crippen molar-refractivity contribution in [3.63, 3.8) is 0 Å². The van der Waals surface area contributed by atoms with Gasteiger partial charge in [0.2, 0.25) is 5.91 Å². The number of carbonyl (C=O) groups is 3. The summed E-state index contributed by atoms with van der Waals surface area (Å²) in [5, 5.41) is 17.5. The molecule has 0 radical (unpaired) electrons. The highest BCUT2D eigenvalue weighted by atomic mass is 16.4. The van der Waals surface area contributed by atoms with Gasteiger partial charge in [0.15, 0.2) is 0 Å². The maximum atomic E-state index is 12.2. The summed E-state index contributed by atoms with van der Waals surface area (Å²) < 4.78 is 0. The smallest absolute Gasteiger partial charge is 0.323 e. The Kier molecular flexibility index (Phi) is 4.07. The van der Waals surface area contributed by atoms with Crippen molar-refractivity contribution < 1.29 is 24.6 Å². The lowest BCUT2D eigenvalue weighted by Crippen LogP contribution is -2.45. The highest BCUT2D eigenvalue weighted by molar-refractivity contribution is 5.84. The van der Waals surface area contributed by atoms with E-state index in [1.807, 2.05) is 0 Å². The van der Waals surface area contributed by atoms with Crippen molar-refractivity contribution in [3.05, 3.63) is 0 Å². The summed E-state index contributed by atoms with van der Waals surface area (Å²) in [6, 6.07) is 0. The average Bonchev–Trinajstić information content (AvgIpc) is 3.04. The van der Waals surface area contributed by atoms with Gasteiger partial charge in [-0.05, 0) is 37.5 Å². The number of carbonyl (C=O) groups excluding carboxylic acids is 1. The second-order valence-electron chi connectivity index (χ2n) is 5.69. The fourth-order valence-corrected chi connectivity index (χ4v) is 2.62. The van der Waals surface area contributed by atoms with Crippen LogP contribution in [0, 0.1) is 17.8 Å². The molecule has 2 aliphatic carbocycles. The second-order valence-corrected chi connectivity index (χ2v) is 5.69. The minimum Gasteiger partial charge on any atom is -0.481 e. The number of carboxylic acid groups (broad SMARTS) is 2. The zero-order chi connectivity index (χ0) is 14.0. The van der Waals surface area contributed by atoms with Crippen molar-refractivity contribution in [3.8, 4) is 0 Å². The van der Waals surface area contributed by atoms with Crippen LogP contribution in [0.15, 0.2) is 0 Å². The summed E-state index contributed by atoms with van der Waals surface area (Å²) in [6.07, 6.45) is 3.38. The van der Waals surface area contributed by atoms with Crippen molar-refractivity contribution in [2.45, 2.75) is 32.1 Å². The Hall–Kier alpha value is -1.59. The Morgan fingerprint density at radius 3 is 2.11 bits per heavy atom. The summed E-state index contributed by atoms with van der Waals surface area (Å²) in [5.41, 5.74) is 0. The summed E-state index contributed by atoms with van der Waals surface area (Å²) in [6.45, 7) is 0.292. The first-order valence-electron chi connectivity index (χ1n) is 6.68. The van der Waals surface area contributed by atoms with Gasteiger partial charge in [-0.2, -0.15) is 0 Å². The predicted molar refractivity (Wildman–Crippen MR) is 65.4 cm³/mol. The van der Waals surface area contributed by atoms with E-state index in [9.17, 15) is 14.4 Å². The third-order valence-electron chi connectivity index (χ3n) is 3.86. The van der Waals surface area contributed by atoms with E-state index in [0.717, 1.165) is 12.8 Å². The van der Waals surface area contributed by atoms with Crippen LogP contribution in [0.1, 0.15) is 32.1 Å². The van der Waals surface area contributed by atoms with Crippen molar-refractivity contribution in [2.75, 3.05) is 13.1 Å². The molecule has 106 valence electrons. The first kappa shape index (κ1) is 13.8. The van der Waals surface area contributed by atoms with Crippen molar-refractivity contribution in [1.82, 2.24) is 4.90 Å². The summed E-state index contributed by atoms with van der Waals surface area (Å²) in [7, 11) is 0. The van der Waals surface area contributed by atoms with E-state index < -0.39 is 11.9 Å². The molecule has 0 aromatic carbocycles. The molecule has 0 unspecified atom stereocenters. The lowest BCUT2D eigenvalue weighted by atomic mass is 9.72. The van der Waals surface area contributed by atoms with Gasteiger partial charge in [0, 0.05) is 18.9 Å². The number of hydrogen-bond acceptors (Lipinski definition) is 3. The van der Waals surface area contributed by atoms with E-state index >= 15 is 0 Å². The number of nitrogens with zero attached hydrogens (tertiary/aromatic N) is 1. The molecule has 0 saturated heterocycles. The standard InChI is InChI=1S/C13H19NO5/c15-11(16)5-9-3-10(4-9)13(19)14(7-12(17)18)6-8-1-2-8/h8-10H,1-7H2,(H,15,16)(H,17,18). The third-order valence-corrected chi connectivity index (χ3v) is 3.86. The molecule has 2 fully saturated rings. The quantitative estimate of drug-likeness (QED) is 0.713.